The van der Waals surface area contributed by atoms with Crippen molar-refractivity contribution in [3.05, 3.63) is 11.8 Å². The van der Waals surface area contributed by atoms with Gasteiger partial charge in [0.15, 0.2) is 5.82 Å². The predicted molar refractivity (Wildman–Crippen MR) is 52.8 cm³/mol. The van der Waals surface area contributed by atoms with E-state index in [0.29, 0.717) is 18.0 Å². The van der Waals surface area contributed by atoms with Crippen LogP contribution in [-0.4, -0.2) is 17.1 Å². The Bertz CT molecular complexity index is 309. The number of nitrogens with one attached hydrogen (secondary N) is 1. The number of hydrogen-bond acceptors (Lipinski definition) is 4. The van der Waals surface area contributed by atoms with Crippen molar-refractivity contribution < 1.29 is 9.32 Å². The van der Waals surface area contributed by atoms with E-state index in [1.807, 2.05) is 6.92 Å². The maximum absolute atomic E-state index is 11.3. The number of anilines is 1. The standard InChI is InChI=1S/C9H15N3O2/c1-3-7(10)5-9(13)11-8-4-6(2)14-12-8/h4,7H,3,5,10H2,1-2H3,(H,11,12,13). The van der Waals surface area contributed by atoms with Crippen LogP contribution in [0.2, 0.25) is 0 Å². The lowest BCUT2D eigenvalue weighted by atomic mass is 10.1. The summed E-state index contributed by atoms with van der Waals surface area (Å²) in [4.78, 5) is 11.3. The van der Waals surface area contributed by atoms with Crippen molar-refractivity contribution >= 4 is 11.7 Å². The van der Waals surface area contributed by atoms with Gasteiger partial charge in [-0.2, -0.15) is 0 Å². The molecule has 0 saturated carbocycles. The SMILES string of the molecule is CCC(N)CC(=O)Nc1cc(C)on1. The van der Waals surface area contributed by atoms with Crippen LogP contribution in [0.15, 0.2) is 10.6 Å². The molecule has 0 spiro atoms. The monoisotopic (exact) mass is 197 g/mol. The van der Waals surface area contributed by atoms with Gasteiger partial charge in [-0.15, -0.1) is 0 Å². The van der Waals surface area contributed by atoms with Gasteiger partial charge in [0.2, 0.25) is 5.91 Å². The smallest absolute Gasteiger partial charge is 0.227 e. The molecule has 0 aliphatic rings. The van der Waals surface area contributed by atoms with Crippen LogP contribution in [0.5, 0.6) is 0 Å². The van der Waals surface area contributed by atoms with Gasteiger partial charge in [-0.3, -0.25) is 4.79 Å². The van der Waals surface area contributed by atoms with Crippen LogP contribution in [0.25, 0.3) is 0 Å². The highest BCUT2D eigenvalue weighted by Gasteiger charge is 2.09. The van der Waals surface area contributed by atoms with Gasteiger partial charge in [-0.05, 0) is 13.3 Å². The molecule has 1 aromatic rings. The molecule has 0 saturated heterocycles. The highest BCUT2D eigenvalue weighted by atomic mass is 16.5. The van der Waals surface area contributed by atoms with Crippen molar-refractivity contribution in [2.75, 3.05) is 5.32 Å². The minimum absolute atomic E-state index is 0.0944. The zero-order chi connectivity index (χ0) is 10.6. The van der Waals surface area contributed by atoms with E-state index in [4.69, 9.17) is 10.3 Å². The Labute approximate surface area is 82.6 Å². The Morgan fingerprint density at radius 3 is 3.00 bits per heavy atom. The molecule has 5 nitrogen and oxygen atoms in total. The molecule has 78 valence electrons. The molecule has 0 aliphatic heterocycles. The number of amides is 1. The Hall–Kier alpha value is -1.36. The van der Waals surface area contributed by atoms with Crippen LogP contribution in [0.1, 0.15) is 25.5 Å². The second-order valence-electron chi connectivity index (χ2n) is 3.24. The maximum atomic E-state index is 11.3. The van der Waals surface area contributed by atoms with Gasteiger partial charge in [0.1, 0.15) is 5.76 Å². The molecule has 1 atom stereocenters. The van der Waals surface area contributed by atoms with Crippen molar-refractivity contribution in [3.63, 3.8) is 0 Å². The number of aryl methyl sites for hydroxylation is 1. The summed E-state index contributed by atoms with van der Waals surface area (Å²) in [5.41, 5.74) is 5.63. The van der Waals surface area contributed by atoms with Gasteiger partial charge in [-0.1, -0.05) is 12.1 Å². The number of hydrogen-bond donors (Lipinski definition) is 2. The first-order chi connectivity index (χ1) is 6.61. The van der Waals surface area contributed by atoms with Crippen molar-refractivity contribution in [3.8, 4) is 0 Å². The van der Waals surface area contributed by atoms with Crippen molar-refractivity contribution in [1.82, 2.24) is 5.16 Å². The molecule has 0 aliphatic carbocycles. The summed E-state index contributed by atoms with van der Waals surface area (Å²) in [6.45, 7) is 3.71. The average Bonchev–Trinajstić information content (AvgIpc) is 2.50. The maximum Gasteiger partial charge on any atom is 0.227 e. The zero-order valence-corrected chi connectivity index (χ0v) is 8.41. The van der Waals surface area contributed by atoms with Crippen LogP contribution in [0.4, 0.5) is 5.82 Å². The van der Waals surface area contributed by atoms with E-state index in [1.165, 1.54) is 0 Å². The van der Waals surface area contributed by atoms with Gasteiger partial charge in [0, 0.05) is 18.5 Å². The third-order valence-corrected chi connectivity index (χ3v) is 1.87. The molecule has 0 bridgehead atoms. The van der Waals surface area contributed by atoms with Crippen molar-refractivity contribution in [2.24, 2.45) is 5.73 Å². The first kappa shape index (κ1) is 10.7. The summed E-state index contributed by atoms with van der Waals surface area (Å²) in [7, 11) is 0. The molecule has 1 rings (SSSR count). The fraction of sp³-hybridized carbons (Fsp3) is 0.556. The van der Waals surface area contributed by atoms with Crippen LogP contribution < -0.4 is 11.1 Å². The molecule has 1 unspecified atom stereocenters. The fourth-order valence-corrected chi connectivity index (χ4v) is 1.00. The largest absolute Gasteiger partial charge is 0.360 e. The molecule has 1 aromatic heterocycles. The van der Waals surface area contributed by atoms with E-state index < -0.39 is 0 Å². The third kappa shape index (κ3) is 3.18. The molecule has 5 heteroatoms. The van der Waals surface area contributed by atoms with Gasteiger partial charge < -0.3 is 15.6 Å². The summed E-state index contributed by atoms with van der Waals surface area (Å²) < 4.78 is 4.80. The Morgan fingerprint density at radius 2 is 2.50 bits per heavy atom. The van der Waals surface area contributed by atoms with E-state index in [9.17, 15) is 4.79 Å². The minimum atomic E-state index is -0.132. The van der Waals surface area contributed by atoms with Crippen LogP contribution in [0.3, 0.4) is 0 Å². The molecular weight excluding hydrogens is 182 g/mol. The lowest BCUT2D eigenvalue weighted by Gasteiger charge is -2.06. The Balaban J connectivity index is 2.41. The number of nitrogens with two attached hydrogens (primary N) is 1. The fourth-order valence-electron chi connectivity index (χ4n) is 1.00. The first-order valence-corrected chi connectivity index (χ1v) is 4.60. The highest BCUT2D eigenvalue weighted by molar-refractivity contribution is 5.90. The topological polar surface area (TPSA) is 81.2 Å². The third-order valence-electron chi connectivity index (χ3n) is 1.87. The summed E-state index contributed by atoms with van der Waals surface area (Å²) >= 11 is 0. The van der Waals surface area contributed by atoms with Crippen LogP contribution in [-0.2, 0) is 4.79 Å². The number of carbonyl (C=O) groups is 1. The van der Waals surface area contributed by atoms with Crippen molar-refractivity contribution in [1.29, 1.82) is 0 Å². The number of aromatic nitrogens is 1. The second-order valence-corrected chi connectivity index (χ2v) is 3.24. The summed E-state index contributed by atoms with van der Waals surface area (Å²) in [5.74, 6) is 0.976. The zero-order valence-electron chi connectivity index (χ0n) is 8.41. The number of carbonyl (C=O) groups excluding carboxylic acids is 1. The van der Waals surface area contributed by atoms with Crippen molar-refractivity contribution in [2.45, 2.75) is 32.7 Å². The van der Waals surface area contributed by atoms with E-state index in [2.05, 4.69) is 10.5 Å². The Morgan fingerprint density at radius 1 is 1.79 bits per heavy atom. The average molecular weight is 197 g/mol. The normalized spacial score (nSPS) is 12.5. The minimum Gasteiger partial charge on any atom is -0.360 e. The molecule has 1 heterocycles. The summed E-state index contributed by atoms with van der Waals surface area (Å²) in [6.07, 6.45) is 1.09. The van der Waals surface area contributed by atoms with Crippen LogP contribution in [0, 0.1) is 6.92 Å². The first-order valence-electron chi connectivity index (χ1n) is 4.60. The number of nitrogens with zero attached hydrogens (tertiary/aromatic N) is 1. The van der Waals surface area contributed by atoms with E-state index in [-0.39, 0.29) is 11.9 Å². The lowest BCUT2D eigenvalue weighted by Crippen LogP contribution is -2.26. The molecule has 0 radical (unpaired) electrons. The Kier molecular flexibility index (Phi) is 3.64. The molecule has 0 fully saturated rings. The summed E-state index contributed by atoms with van der Waals surface area (Å²) in [6, 6.07) is 1.57. The van der Waals surface area contributed by atoms with E-state index >= 15 is 0 Å². The highest BCUT2D eigenvalue weighted by Crippen LogP contribution is 2.07. The number of rotatable bonds is 4. The molecule has 3 N–H and O–H groups in total. The van der Waals surface area contributed by atoms with E-state index in [1.54, 1.807) is 13.0 Å². The van der Waals surface area contributed by atoms with Gasteiger partial charge in [-0.25, -0.2) is 0 Å². The van der Waals surface area contributed by atoms with E-state index in [0.717, 1.165) is 6.42 Å². The van der Waals surface area contributed by atoms with Gasteiger partial charge in [0.25, 0.3) is 0 Å². The quantitative estimate of drug-likeness (QED) is 0.755. The molecule has 14 heavy (non-hydrogen) atoms. The molecule has 1 amide bonds. The second kappa shape index (κ2) is 4.76. The lowest BCUT2D eigenvalue weighted by molar-refractivity contribution is -0.116. The van der Waals surface area contributed by atoms with Crippen LogP contribution >= 0.6 is 0 Å². The summed E-state index contributed by atoms with van der Waals surface area (Å²) in [5, 5.41) is 6.25. The van der Waals surface area contributed by atoms with Gasteiger partial charge >= 0.3 is 0 Å². The predicted octanol–water partition coefficient (Wildman–Crippen LogP) is 1.05. The molecular formula is C9H15N3O2. The van der Waals surface area contributed by atoms with Gasteiger partial charge in [0.05, 0.1) is 0 Å². The molecule has 0 aromatic carbocycles.